The fourth-order valence-electron chi connectivity index (χ4n) is 3.20. The molecule has 120 valence electrons. The molecule has 2 atom stereocenters. The lowest BCUT2D eigenvalue weighted by molar-refractivity contribution is -0.111. The van der Waals surface area contributed by atoms with Crippen molar-refractivity contribution in [3.63, 3.8) is 0 Å². The largest absolute Gasteiger partial charge is 0.495 e. The van der Waals surface area contributed by atoms with Gasteiger partial charge in [-0.15, -0.1) is 0 Å². The van der Waals surface area contributed by atoms with Crippen LogP contribution in [0, 0.1) is 0 Å². The lowest BCUT2D eigenvalue weighted by Gasteiger charge is -2.40. The van der Waals surface area contributed by atoms with Crippen molar-refractivity contribution < 1.29 is 24.1 Å². The Bertz CT molecular complexity index is 914. The van der Waals surface area contributed by atoms with Crippen molar-refractivity contribution in [2.75, 3.05) is 7.11 Å². The Morgan fingerprint density at radius 2 is 2.00 bits per heavy atom. The highest BCUT2D eigenvalue weighted by Gasteiger charge is 2.43. The molecule has 2 N–H and O–H groups in total. The number of hydrogen-bond donors (Lipinski definition) is 2. The summed E-state index contributed by atoms with van der Waals surface area (Å²) < 4.78 is 16.8. The zero-order chi connectivity index (χ0) is 16.4. The summed E-state index contributed by atoms with van der Waals surface area (Å²) in [5.74, 6) is 1.06. The summed E-state index contributed by atoms with van der Waals surface area (Å²) in [6.07, 6.45) is -0.626. The van der Waals surface area contributed by atoms with Gasteiger partial charge in [-0.05, 0) is 32.0 Å². The Morgan fingerprint density at radius 3 is 2.74 bits per heavy atom. The van der Waals surface area contributed by atoms with Gasteiger partial charge in [0.1, 0.15) is 29.3 Å². The molecule has 2 unspecified atom stereocenters. The second kappa shape index (κ2) is 4.59. The standard InChI is InChI=1S/C17H17NO5/c1-17(2)15(20)13(19)12-10(23-17)5-4-9-11(12)14(21-3)8-6-7-22-16(8)18-9/h4-7,13,15,19-20H,1-3H3. The number of aromatic nitrogens is 1. The van der Waals surface area contributed by atoms with Crippen molar-refractivity contribution in [3.05, 3.63) is 30.0 Å². The van der Waals surface area contributed by atoms with E-state index in [0.717, 1.165) is 0 Å². The minimum absolute atomic E-state index is 0.460. The van der Waals surface area contributed by atoms with Crippen LogP contribution in [0.25, 0.3) is 22.0 Å². The van der Waals surface area contributed by atoms with Gasteiger partial charge >= 0.3 is 0 Å². The molecule has 0 amide bonds. The highest BCUT2D eigenvalue weighted by Crippen LogP contribution is 2.47. The lowest BCUT2D eigenvalue weighted by Crippen LogP contribution is -2.48. The van der Waals surface area contributed by atoms with Gasteiger partial charge in [-0.3, -0.25) is 0 Å². The second-order valence-corrected chi connectivity index (χ2v) is 6.25. The molecule has 3 aromatic rings. The van der Waals surface area contributed by atoms with E-state index in [9.17, 15) is 10.2 Å². The molecule has 0 spiro atoms. The van der Waals surface area contributed by atoms with Crippen LogP contribution in [0.15, 0.2) is 28.9 Å². The molecule has 1 aliphatic rings. The first-order valence-electron chi connectivity index (χ1n) is 7.37. The zero-order valence-corrected chi connectivity index (χ0v) is 13.0. The third-order valence-electron chi connectivity index (χ3n) is 4.41. The molecule has 4 rings (SSSR count). The smallest absolute Gasteiger partial charge is 0.230 e. The van der Waals surface area contributed by atoms with E-state index in [0.29, 0.717) is 39.1 Å². The molecule has 0 saturated heterocycles. The van der Waals surface area contributed by atoms with Crippen LogP contribution in [0.3, 0.4) is 0 Å². The van der Waals surface area contributed by atoms with Crippen LogP contribution >= 0.6 is 0 Å². The summed E-state index contributed by atoms with van der Waals surface area (Å²) in [5.41, 5.74) is 0.668. The number of aliphatic hydroxyl groups is 2. The Labute approximate surface area is 132 Å². The number of hydrogen-bond acceptors (Lipinski definition) is 6. The minimum atomic E-state index is -1.10. The number of aliphatic hydroxyl groups excluding tert-OH is 2. The molecule has 1 aliphatic heterocycles. The van der Waals surface area contributed by atoms with Gasteiger partial charge in [0.25, 0.3) is 0 Å². The Hall–Kier alpha value is -2.31. The van der Waals surface area contributed by atoms with Gasteiger partial charge in [-0.2, -0.15) is 0 Å². The van der Waals surface area contributed by atoms with E-state index < -0.39 is 17.8 Å². The highest BCUT2D eigenvalue weighted by molar-refractivity contribution is 6.02. The van der Waals surface area contributed by atoms with Crippen LogP contribution in [0.4, 0.5) is 0 Å². The SMILES string of the molecule is COc1c2ccoc2nc2ccc3c(c12)C(O)C(O)C(C)(C)O3. The molecule has 6 nitrogen and oxygen atoms in total. The average molecular weight is 315 g/mol. The molecule has 0 fully saturated rings. The quantitative estimate of drug-likeness (QED) is 0.718. The fourth-order valence-corrected chi connectivity index (χ4v) is 3.20. The molecular formula is C17H17NO5. The summed E-state index contributed by atoms with van der Waals surface area (Å²) in [6.45, 7) is 3.48. The predicted molar refractivity (Wildman–Crippen MR) is 83.7 cm³/mol. The highest BCUT2D eigenvalue weighted by atomic mass is 16.5. The summed E-state index contributed by atoms with van der Waals surface area (Å²) >= 11 is 0. The van der Waals surface area contributed by atoms with Gasteiger partial charge in [0, 0.05) is 5.56 Å². The summed E-state index contributed by atoms with van der Waals surface area (Å²) in [6, 6.07) is 5.30. The van der Waals surface area contributed by atoms with E-state index in [2.05, 4.69) is 4.98 Å². The Morgan fingerprint density at radius 1 is 1.22 bits per heavy atom. The molecule has 0 bridgehead atoms. The van der Waals surface area contributed by atoms with Gasteiger partial charge < -0.3 is 24.1 Å². The molecule has 1 aromatic carbocycles. The van der Waals surface area contributed by atoms with Gasteiger partial charge in [0.05, 0.1) is 29.7 Å². The summed E-state index contributed by atoms with van der Waals surface area (Å²) in [4.78, 5) is 4.46. The van der Waals surface area contributed by atoms with Crippen molar-refractivity contribution in [1.29, 1.82) is 0 Å². The number of fused-ring (bicyclic) bond motifs is 4. The Balaban J connectivity index is 2.13. The maximum Gasteiger partial charge on any atom is 0.230 e. The lowest BCUT2D eigenvalue weighted by atomic mass is 9.86. The zero-order valence-electron chi connectivity index (χ0n) is 13.0. The third kappa shape index (κ3) is 1.85. The number of furan rings is 1. The van der Waals surface area contributed by atoms with E-state index in [-0.39, 0.29) is 0 Å². The van der Waals surface area contributed by atoms with Gasteiger partial charge in [-0.1, -0.05) is 0 Å². The van der Waals surface area contributed by atoms with E-state index in [4.69, 9.17) is 13.9 Å². The van der Waals surface area contributed by atoms with Crippen LogP contribution in [0.2, 0.25) is 0 Å². The number of nitrogens with zero attached hydrogens (tertiary/aromatic N) is 1. The number of benzene rings is 1. The van der Waals surface area contributed by atoms with Crippen molar-refractivity contribution >= 4 is 22.0 Å². The van der Waals surface area contributed by atoms with Crippen LogP contribution in [-0.2, 0) is 0 Å². The maximum absolute atomic E-state index is 10.7. The fraction of sp³-hybridized carbons (Fsp3) is 0.353. The van der Waals surface area contributed by atoms with Crippen molar-refractivity contribution in [2.24, 2.45) is 0 Å². The maximum atomic E-state index is 10.7. The number of ether oxygens (including phenoxy) is 2. The molecule has 0 saturated carbocycles. The van der Waals surface area contributed by atoms with Crippen LogP contribution in [0.1, 0.15) is 25.5 Å². The number of pyridine rings is 1. The number of rotatable bonds is 1. The first-order chi connectivity index (χ1) is 10.9. The molecule has 0 radical (unpaired) electrons. The van der Waals surface area contributed by atoms with Crippen molar-refractivity contribution in [2.45, 2.75) is 31.7 Å². The average Bonchev–Trinajstić information content (AvgIpc) is 2.97. The molecule has 23 heavy (non-hydrogen) atoms. The topological polar surface area (TPSA) is 85.0 Å². The third-order valence-corrected chi connectivity index (χ3v) is 4.41. The summed E-state index contributed by atoms with van der Waals surface area (Å²) in [7, 11) is 1.55. The van der Waals surface area contributed by atoms with Crippen LogP contribution in [-0.4, -0.2) is 34.0 Å². The van der Waals surface area contributed by atoms with Gasteiger partial charge in [0.15, 0.2) is 0 Å². The van der Waals surface area contributed by atoms with E-state index >= 15 is 0 Å². The normalized spacial score (nSPS) is 22.8. The molecule has 3 heterocycles. The predicted octanol–water partition coefficient (Wildman–Crippen LogP) is 2.55. The van der Waals surface area contributed by atoms with Crippen molar-refractivity contribution in [1.82, 2.24) is 4.98 Å². The second-order valence-electron chi connectivity index (χ2n) is 6.25. The van der Waals surface area contributed by atoms with Crippen LogP contribution < -0.4 is 9.47 Å². The van der Waals surface area contributed by atoms with E-state index in [1.54, 1.807) is 39.2 Å². The minimum Gasteiger partial charge on any atom is -0.495 e. The molecular weight excluding hydrogens is 298 g/mol. The molecule has 2 aromatic heterocycles. The molecule has 0 aliphatic carbocycles. The monoisotopic (exact) mass is 315 g/mol. The first kappa shape index (κ1) is 14.3. The summed E-state index contributed by atoms with van der Waals surface area (Å²) in [5, 5.41) is 22.4. The van der Waals surface area contributed by atoms with Gasteiger partial charge in [0.2, 0.25) is 5.71 Å². The molecule has 6 heteroatoms. The van der Waals surface area contributed by atoms with Gasteiger partial charge in [-0.25, -0.2) is 4.98 Å². The van der Waals surface area contributed by atoms with E-state index in [1.165, 1.54) is 6.26 Å². The van der Waals surface area contributed by atoms with Crippen molar-refractivity contribution in [3.8, 4) is 11.5 Å². The first-order valence-corrected chi connectivity index (χ1v) is 7.37. The van der Waals surface area contributed by atoms with Crippen LogP contribution in [0.5, 0.6) is 11.5 Å². The van der Waals surface area contributed by atoms with E-state index in [1.807, 2.05) is 0 Å². The number of methoxy groups -OCH3 is 1. The Kier molecular flexibility index (Phi) is 2.86.